The maximum Gasteiger partial charge on any atom is 0.329 e. The Labute approximate surface area is 171 Å². The van der Waals surface area contributed by atoms with Crippen LogP contribution < -0.4 is 10.6 Å². The second kappa shape index (κ2) is 7.79. The van der Waals surface area contributed by atoms with Crippen LogP contribution in [0.3, 0.4) is 0 Å². The Hall–Kier alpha value is -2.61. The number of carboxylic acid groups (broad SMARTS) is 1. The van der Waals surface area contributed by atoms with Gasteiger partial charge in [0, 0.05) is 27.6 Å². The molecule has 1 amide bonds. The lowest BCUT2D eigenvalue weighted by Gasteiger charge is -2.28. The molecule has 0 aliphatic carbocycles. The zero-order valence-corrected chi connectivity index (χ0v) is 17.1. The molecule has 0 saturated carbocycles. The Bertz CT molecular complexity index is 908. The van der Waals surface area contributed by atoms with Gasteiger partial charge in [-0.05, 0) is 31.6 Å². The number of ether oxygens (including phenoxy) is 1. The van der Waals surface area contributed by atoms with E-state index in [0.717, 1.165) is 10.0 Å². The molecule has 0 spiro atoms. The van der Waals surface area contributed by atoms with E-state index in [1.54, 1.807) is 13.0 Å². The second-order valence-corrected chi connectivity index (χ2v) is 7.95. The van der Waals surface area contributed by atoms with E-state index >= 15 is 0 Å². The number of amides is 1. The number of hydrogen-bond donors (Lipinski definition) is 3. The van der Waals surface area contributed by atoms with E-state index < -0.39 is 23.4 Å². The molecular formula is C20H21BrN2O5. The van der Waals surface area contributed by atoms with Gasteiger partial charge in [0.15, 0.2) is 0 Å². The number of fused-ring (bicyclic) bond motifs is 1. The van der Waals surface area contributed by atoms with Crippen molar-refractivity contribution in [2.45, 2.75) is 32.7 Å². The van der Waals surface area contributed by atoms with Crippen LogP contribution in [0.4, 0.5) is 5.69 Å². The van der Waals surface area contributed by atoms with E-state index in [9.17, 15) is 14.4 Å². The zero-order chi connectivity index (χ0) is 20.5. The number of allylic oxidation sites excluding steroid dienone is 1. The highest BCUT2D eigenvalue weighted by Gasteiger charge is 2.43. The van der Waals surface area contributed by atoms with Crippen LogP contribution in [0.25, 0.3) is 5.57 Å². The molecule has 2 unspecified atom stereocenters. The molecule has 0 radical (unpaired) electrons. The molecule has 3 rings (SSSR count). The smallest absolute Gasteiger partial charge is 0.329 e. The number of carbonyl (C=O) groups excluding carboxylic acids is 2. The molecule has 8 heteroatoms. The molecule has 1 aromatic rings. The van der Waals surface area contributed by atoms with Crippen LogP contribution in [0, 0.1) is 5.41 Å². The topological polar surface area (TPSA) is 105 Å². The molecule has 0 fully saturated rings. The molecule has 7 nitrogen and oxygen atoms in total. The summed E-state index contributed by atoms with van der Waals surface area (Å²) in [6.07, 6.45) is 3.69. The molecular weight excluding hydrogens is 428 g/mol. The molecule has 0 saturated heterocycles. The number of esters is 1. The minimum atomic E-state index is -0.932. The predicted octanol–water partition coefficient (Wildman–Crippen LogP) is 3.07. The Morgan fingerprint density at radius 1 is 1.39 bits per heavy atom. The highest BCUT2D eigenvalue weighted by molar-refractivity contribution is 9.10. The average molecular weight is 449 g/mol. The predicted molar refractivity (Wildman–Crippen MR) is 107 cm³/mol. The number of carboxylic acids is 1. The largest absolute Gasteiger partial charge is 0.481 e. The van der Waals surface area contributed by atoms with E-state index in [0.29, 0.717) is 17.0 Å². The number of hydrogen-bond acceptors (Lipinski definition) is 5. The molecule has 2 aliphatic heterocycles. The molecule has 3 N–H and O–H groups in total. The first-order chi connectivity index (χ1) is 13.2. The third-order valence-electron chi connectivity index (χ3n) is 4.92. The number of halogens is 1. The van der Waals surface area contributed by atoms with Crippen molar-refractivity contribution in [1.29, 1.82) is 0 Å². The van der Waals surface area contributed by atoms with Gasteiger partial charge in [-0.3, -0.25) is 9.59 Å². The highest BCUT2D eigenvalue weighted by Crippen LogP contribution is 2.39. The first-order valence-electron chi connectivity index (χ1n) is 8.94. The second-order valence-electron chi connectivity index (χ2n) is 7.03. The van der Waals surface area contributed by atoms with Gasteiger partial charge in [0.1, 0.15) is 6.04 Å². The molecule has 148 valence electrons. The Morgan fingerprint density at radius 3 is 2.82 bits per heavy atom. The summed E-state index contributed by atoms with van der Waals surface area (Å²) in [6, 6.07) is 4.79. The van der Waals surface area contributed by atoms with E-state index in [-0.39, 0.29) is 25.4 Å². The SMILES string of the molecule is CCOC(=O)C1NC(C=C2C(=O)Nc3cc(Br)ccc32)=CC1(C)CCC(=O)O. The third kappa shape index (κ3) is 3.96. The number of aliphatic carboxylic acids is 1. The van der Waals surface area contributed by atoms with Crippen molar-refractivity contribution in [3.63, 3.8) is 0 Å². The minimum Gasteiger partial charge on any atom is -0.481 e. The summed E-state index contributed by atoms with van der Waals surface area (Å²) in [6.45, 7) is 3.76. The molecule has 2 heterocycles. The molecule has 28 heavy (non-hydrogen) atoms. The third-order valence-corrected chi connectivity index (χ3v) is 5.41. The van der Waals surface area contributed by atoms with Crippen molar-refractivity contribution in [3.8, 4) is 0 Å². The van der Waals surface area contributed by atoms with Crippen molar-refractivity contribution in [1.82, 2.24) is 5.32 Å². The lowest BCUT2D eigenvalue weighted by molar-refractivity contribution is -0.148. The lowest BCUT2D eigenvalue weighted by atomic mass is 9.80. The first-order valence-corrected chi connectivity index (χ1v) is 9.73. The summed E-state index contributed by atoms with van der Waals surface area (Å²) in [5.41, 5.74) is 1.80. The normalized spacial score (nSPS) is 24.4. The van der Waals surface area contributed by atoms with Gasteiger partial charge in [-0.25, -0.2) is 4.79 Å². The van der Waals surface area contributed by atoms with Crippen LogP contribution in [-0.4, -0.2) is 35.6 Å². The van der Waals surface area contributed by atoms with E-state index in [2.05, 4.69) is 26.6 Å². The van der Waals surface area contributed by atoms with Gasteiger partial charge in [-0.2, -0.15) is 0 Å². The molecule has 2 aliphatic rings. The minimum absolute atomic E-state index is 0.0776. The van der Waals surface area contributed by atoms with Crippen LogP contribution in [0.15, 0.2) is 40.5 Å². The van der Waals surface area contributed by atoms with Gasteiger partial charge in [-0.15, -0.1) is 0 Å². The van der Waals surface area contributed by atoms with Gasteiger partial charge in [0.2, 0.25) is 0 Å². The summed E-state index contributed by atoms with van der Waals surface area (Å²) in [7, 11) is 0. The fourth-order valence-electron chi connectivity index (χ4n) is 3.51. The van der Waals surface area contributed by atoms with Crippen molar-refractivity contribution < 1.29 is 24.2 Å². The lowest BCUT2D eigenvalue weighted by Crippen LogP contribution is -2.44. The summed E-state index contributed by atoms with van der Waals surface area (Å²) in [5.74, 6) is -1.61. The number of benzene rings is 1. The fourth-order valence-corrected chi connectivity index (χ4v) is 3.87. The number of nitrogens with one attached hydrogen (secondary N) is 2. The van der Waals surface area contributed by atoms with Crippen molar-refractivity contribution in [3.05, 3.63) is 46.1 Å². The van der Waals surface area contributed by atoms with Crippen molar-refractivity contribution in [2.75, 3.05) is 11.9 Å². The first kappa shape index (κ1) is 20.1. The van der Waals surface area contributed by atoms with Crippen LogP contribution >= 0.6 is 15.9 Å². The monoisotopic (exact) mass is 448 g/mol. The maximum atomic E-state index is 12.4. The summed E-state index contributed by atoms with van der Waals surface area (Å²) >= 11 is 3.38. The van der Waals surface area contributed by atoms with Gasteiger partial charge in [0.25, 0.3) is 5.91 Å². The number of carbonyl (C=O) groups is 3. The summed E-state index contributed by atoms with van der Waals surface area (Å²) < 4.78 is 6.01. The van der Waals surface area contributed by atoms with Crippen molar-refractivity contribution in [2.24, 2.45) is 5.41 Å². The van der Waals surface area contributed by atoms with Crippen LogP contribution in [0.5, 0.6) is 0 Å². The van der Waals surface area contributed by atoms with Crippen LogP contribution in [0.1, 0.15) is 32.3 Å². The van der Waals surface area contributed by atoms with E-state index in [4.69, 9.17) is 9.84 Å². The summed E-state index contributed by atoms with van der Waals surface area (Å²) in [5, 5.41) is 15.0. The Kier molecular flexibility index (Phi) is 5.60. The quantitative estimate of drug-likeness (QED) is 0.456. The van der Waals surface area contributed by atoms with Gasteiger partial charge in [-0.1, -0.05) is 35.0 Å². The van der Waals surface area contributed by atoms with Crippen LogP contribution in [-0.2, 0) is 19.1 Å². The summed E-state index contributed by atoms with van der Waals surface area (Å²) in [4.78, 5) is 35.9. The maximum absolute atomic E-state index is 12.4. The van der Waals surface area contributed by atoms with Gasteiger partial charge in [0.05, 0.1) is 17.9 Å². The highest BCUT2D eigenvalue weighted by atomic mass is 79.9. The van der Waals surface area contributed by atoms with Crippen LogP contribution in [0.2, 0.25) is 0 Å². The zero-order valence-electron chi connectivity index (χ0n) is 15.5. The molecule has 0 aromatic heterocycles. The number of anilines is 1. The molecule has 0 bridgehead atoms. The Balaban J connectivity index is 1.93. The van der Waals surface area contributed by atoms with Crippen molar-refractivity contribution >= 4 is 45.0 Å². The standard InChI is InChI=1S/C20H21BrN2O5/c1-3-28-19(27)17-20(2,7-6-16(24)25)10-12(22-17)9-14-13-5-4-11(21)8-15(13)23-18(14)26/h4-5,8-10,17,22H,3,6-7H2,1-2H3,(H,23,26)(H,24,25). The molecule has 2 atom stereocenters. The fraction of sp³-hybridized carbons (Fsp3) is 0.350. The average Bonchev–Trinajstić information content (AvgIpc) is 3.11. The van der Waals surface area contributed by atoms with E-state index in [1.807, 2.05) is 31.2 Å². The number of rotatable bonds is 6. The molecule has 1 aromatic carbocycles. The Morgan fingerprint density at radius 2 is 2.14 bits per heavy atom. The van der Waals surface area contributed by atoms with E-state index in [1.165, 1.54) is 0 Å². The van der Waals surface area contributed by atoms with Gasteiger partial charge < -0.3 is 20.5 Å². The van der Waals surface area contributed by atoms with Gasteiger partial charge >= 0.3 is 11.9 Å².